The van der Waals surface area contributed by atoms with Crippen LogP contribution in [0.15, 0.2) is 11.6 Å². The maximum Gasteiger partial charge on any atom is 0.466 e. The van der Waals surface area contributed by atoms with Crippen molar-refractivity contribution in [2.45, 2.75) is 26.4 Å². The highest BCUT2D eigenvalue weighted by Gasteiger charge is 2.02. The standard InChI is InChI=1S/C7H12O3.H3O4P/c1-3-6(8)4-5(2)7(9)10;1-5(2,3)4/h4,6,8H,3H2,1-2H3,(H,9,10);(H3,1,2,3,4). The van der Waals surface area contributed by atoms with Gasteiger partial charge in [0.05, 0.1) is 6.10 Å². The molecule has 0 radical (unpaired) electrons. The molecule has 0 aliphatic heterocycles. The van der Waals surface area contributed by atoms with E-state index >= 15 is 0 Å². The van der Waals surface area contributed by atoms with E-state index in [9.17, 15) is 4.79 Å². The summed E-state index contributed by atoms with van der Waals surface area (Å²) in [5.41, 5.74) is 0.189. The summed E-state index contributed by atoms with van der Waals surface area (Å²) >= 11 is 0. The molecule has 8 heteroatoms. The fraction of sp³-hybridized carbons (Fsp3) is 0.571. The predicted molar refractivity (Wildman–Crippen MR) is 52.0 cm³/mol. The summed E-state index contributed by atoms with van der Waals surface area (Å²) in [6, 6.07) is 0. The van der Waals surface area contributed by atoms with Crippen molar-refractivity contribution in [3.8, 4) is 0 Å². The van der Waals surface area contributed by atoms with E-state index in [1.807, 2.05) is 0 Å². The van der Waals surface area contributed by atoms with Gasteiger partial charge in [0.1, 0.15) is 0 Å². The molecule has 15 heavy (non-hydrogen) atoms. The molecule has 1 unspecified atom stereocenters. The molecule has 0 heterocycles. The number of rotatable bonds is 3. The molecule has 0 saturated carbocycles. The number of aliphatic hydroxyl groups is 1. The zero-order valence-electron chi connectivity index (χ0n) is 8.36. The van der Waals surface area contributed by atoms with Crippen molar-refractivity contribution >= 4 is 13.8 Å². The lowest BCUT2D eigenvalue weighted by Crippen LogP contribution is -2.04. The topological polar surface area (TPSA) is 135 Å². The molecule has 0 aliphatic rings. The first-order chi connectivity index (χ1) is 6.57. The smallest absolute Gasteiger partial charge is 0.466 e. The molecule has 1 atom stereocenters. The maximum absolute atomic E-state index is 10.2. The second kappa shape index (κ2) is 7.56. The van der Waals surface area contributed by atoms with Crippen LogP contribution in [0.5, 0.6) is 0 Å². The van der Waals surface area contributed by atoms with Crippen molar-refractivity contribution in [3.63, 3.8) is 0 Å². The Balaban J connectivity index is 0. The van der Waals surface area contributed by atoms with E-state index in [2.05, 4.69) is 0 Å². The predicted octanol–water partition coefficient (Wildman–Crippen LogP) is -0.140. The van der Waals surface area contributed by atoms with E-state index in [-0.39, 0.29) is 5.57 Å². The summed E-state index contributed by atoms with van der Waals surface area (Å²) < 4.78 is 8.88. The molecule has 0 aliphatic carbocycles. The number of carboxylic acid groups (broad SMARTS) is 1. The van der Waals surface area contributed by atoms with Crippen LogP contribution >= 0.6 is 7.82 Å². The van der Waals surface area contributed by atoms with E-state index in [1.165, 1.54) is 13.0 Å². The van der Waals surface area contributed by atoms with Crippen LogP contribution in [-0.2, 0) is 9.36 Å². The van der Waals surface area contributed by atoms with Crippen LogP contribution in [0.4, 0.5) is 0 Å². The van der Waals surface area contributed by atoms with Gasteiger partial charge >= 0.3 is 13.8 Å². The third-order valence-electron chi connectivity index (χ3n) is 1.20. The van der Waals surface area contributed by atoms with Crippen LogP contribution in [0, 0.1) is 0 Å². The van der Waals surface area contributed by atoms with Crippen molar-refractivity contribution in [2.24, 2.45) is 0 Å². The molecule has 0 saturated heterocycles. The van der Waals surface area contributed by atoms with Crippen LogP contribution in [0.25, 0.3) is 0 Å². The molecular formula is C7H15O7P. The minimum atomic E-state index is -4.64. The first-order valence-corrected chi connectivity index (χ1v) is 5.52. The maximum atomic E-state index is 10.2. The van der Waals surface area contributed by atoms with E-state index < -0.39 is 19.9 Å². The van der Waals surface area contributed by atoms with E-state index in [4.69, 9.17) is 29.5 Å². The molecule has 0 aromatic heterocycles. The number of hydrogen-bond donors (Lipinski definition) is 5. The van der Waals surface area contributed by atoms with Gasteiger partial charge < -0.3 is 24.9 Å². The summed E-state index contributed by atoms with van der Waals surface area (Å²) in [5.74, 6) is -0.979. The molecule has 0 bridgehead atoms. The highest BCUT2D eigenvalue weighted by molar-refractivity contribution is 7.45. The van der Waals surface area contributed by atoms with E-state index in [0.29, 0.717) is 6.42 Å². The molecule has 0 amide bonds. The molecule has 5 N–H and O–H groups in total. The molecule has 0 rings (SSSR count). The third-order valence-corrected chi connectivity index (χ3v) is 1.20. The first kappa shape index (κ1) is 16.7. The number of aliphatic carboxylic acids is 1. The highest BCUT2D eigenvalue weighted by Crippen LogP contribution is 2.25. The molecule has 0 spiro atoms. The average Bonchev–Trinajstić information content (AvgIpc) is 2.00. The number of aliphatic hydroxyl groups excluding tert-OH is 1. The fourth-order valence-corrected chi connectivity index (χ4v) is 0.478. The molecule has 90 valence electrons. The molecule has 0 aromatic rings. The van der Waals surface area contributed by atoms with Crippen molar-refractivity contribution in [3.05, 3.63) is 11.6 Å². The van der Waals surface area contributed by atoms with Crippen molar-refractivity contribution < 1.29 is 34.3 Å². The summed E-state index contributed by atoms with van der Waals surface area (Å²) in [7, 11) is -4.64. The number of hydrogen-bond acceptors (Lipinski definition) is 3. The van der Waals surface area contributed by atoms with Gasteiger partial charge in [-0.2, -0.15) is 0 Å². The molecule has 0 fully saturated rings. The van der Waals surface area contributed by atoms with Crippen molar-refractivity contribution in [2.75, 3.05) is 0 Å². The van der Waals surface area contributed by atoms with E-state index in [0.717, 1.165) is 0 Å². The van der Waals surface area contributed by atoms with Crippen LogP contribution in [0.1, 0.15) is 20.3 Å². The number of carboxylic acids is 1. The van der Waals surface area contributed by atoms with Crippen molar-refractivity contribution in [1.29, 1.82) is 0 Å². The fourth-order valence-electron chi connectivity index (χ4n) is 0.478. The lowest BCUT2D eigenvalue weighted by Gasteiger charge is -1.99. The first-order valence-electron chi connectivity index (χ1n) is 3.96. The average molecular weight is 242 g/mol. The molecule has 0 aromatic carbocycles. The van der Waals surface area contributed by atoms with Gasteiger partial charge in [-0.1, -0.05) is 6.92 Å². The lowest BCUT2D eigenvalue weighted by molar-refractivity contribution is -0.132. The summed E-state index contributed by atoms with van der Waals surface area (Å²) in [6.07, 6.45) is 1.25. The lowest BCUT2D eigenvalue weighted by atomic mass is 10.2. The largest absolute Gasteiger partial charge is 0.478 e. The van der Waals surface area contributed by atoms with Gasteiger partial charge in [-0.05, 0) is 19.4 Å². The molecule has 7 nitrogen and oxygen atoms in total. The Morgan fingerprint density at radius 2 is 1.73 bits per heavy atom. The zero-order chi connectivity index (χ0) is 12.6. The Bertz CT molecular complexity index is 258. The van der Waals surface area contributed by atoms with Gasteiger partial charge in [0.2, 0.25) is 0 Å². The number of phosphoric acid groups is 1. The normalized spacial score (nSPS) is 13.9. The van der Waals surface area contributed by atoms with Crippen LogP contribution in [0.3, 0.4) is 0 Å². The summed E-state index contributed by atoms with van der Waals surface area (Å²) in [6.45, 7) is 3.25. The van der Waals surface area contributed by atoms with Gasteiger partial charge in [-0.15, -0.1) is 0 Å². The Hall–Kier alpha value is -0.720. The summed E-state index contributed by atoms with van der Waals surface area (Å²) in [5, 5.41) is 17.3. The van der Waals surface area contributed by atoms with Gasteiger partial charge in [-0.25, -0.2) is 9.36 Å². The van der Waals surface area contributed by atoms with Crippen LogP contribution in [-0.4, -0.2) is 37.0 Å². The third kappa shape index (κ3) is 19.6. The molecular weight excluding hydrogens is 227 g/mol. The quantitative estimate of drug-likeness (QED) is 0.343. The second-order valence-corrected chi connectivity index (χ2v) is 3.67. The Kier molecular flexibility index (Phi) is 8.41. The Morgan fingerprint density at radius 1 is 1.40 bits per heavy atom. The zero-order valence-corrected chi connectivity index (χ0v) is 9.26. The van der Waals surface area contributed by atoms with Crippen LogP contribution in [0.2, 0.25) is 0 Å². The monoisotopic (exact) mass is 242 g/mol. The Labute approximate surface area is 86.9 Å². The Morgan fingerprint density at radius 3 is 1.93 bits per heavy atom. The highest BCUT2D eigenvalue weighted by atomic mass is 31.2. The SMILES string of the molecule is CCC(O)C=C(C)C(=O)O.O=P(O)(O)O. The minimum Gasteiger partial charge on any atom is -0.478 e. The van der Waals surface area contributed by atoms with Gasteiger partial charge in [0, 0.05) is 5.57 Å². The van der Waals surface area contributed by atoms with Gasteiger partial charge in [0.25, 0.3) is 0 Å². The van der Waals surface area contributed by atoms with Gasteiger partial charge in [-0.3, -0.25) is 0 Å². The second-order valence-electron chi connectivity index (χ2n) is 2.64. The van der Waals surface area contributed by atoms with Crippen LogP contribution < -0.4 is 0 Å². The summed E-state index contributed by atoms with van der Waals surface area (Å²) in [4.78, 5) is 31.7. The number of carbonyl (C=O) groups is 1. The minimum absolute atomic E-state index is 0.189. The van der Waals surface area contributed by atoms with Gasteiger partial charge in [0.15, 0.2) is 0 Å². The van der Waals surface area contributed by atoms with Crippen molar-refractivity contribution in [1.82, 2.24) is 0 Å². The van der Waals surface area contributed by atoms with E-state index in [1.54, 1.807) is 6.92 Å².